The van der Waals surface area contributed by atoms with Crippen molar-refractivity contribution in [2.45, 2.75) is 57.5 Å². The standard InChI is InChI=1S/C15H29N3O/c1-3-9-18(14-10-16-11-14)12-15(19)17(2)13-7-5-4-6-8-13/h13-14,16H,3-12H2,1-2H3. The zero-order valence-corrected chi connectivity index (χ0v) is 12.5. The molecule has 2 rings (SSSR count). The summed E-state index contributed by atoms with van der Waals surface area (Å²) in [5, 5.41) is 3.30. The van der Waals surface area contributed by atoms with E-state index < -0.39 is 0 Å². The van der Waals surface area contributed by atoms with Gasteiger partial charge in [-0.3, -0.25) is 9.69 Å². The van der Waals surface area contributed by atoms with Crippen molar-refractivity contribution < 1.29 is 4.79 Å². The number of carbonyl (C=O) groups is 1. The summed E-state index contributed by atoms with van der Waals surface area (Å²) >= 11 is 0. The number of nitrogens with zero attached hydrogens (tertiary/aromatic N) is 2. The molecule has 1 aliphatic carbocycles. The summed E-state index contributed by atoms with van der Waals surface area (Å²) in [6.07, 6.45) is 7.42. The first kappa shape index (κ1) is 14.8. The van der Waals surface area contributed by atoms with Crippen LogP contribution in [0.1, 0.15) is 45.4 Å². The molecule has 1 heterocycles. The minimum atomic E-state index is 0.312. The molecule has 0 bridgehead atoms. The molecule has 0 spiro atoms. The predicted octanol–water partition coefficient (Wildman–Crippen LogP) is 1.46. The average molecular weight is 267 g/mol. The van der Waals surface area contributed by atoms with Crippen LogP contribution in [0.4, 0.5) is 0 Å². The fourth-order valence-corrected chi connectivity index (χ4v) is 3.17. The van der Waals surface area contributed by atoms with Crippen molar-refractivity contribution in [2.75, 3.05) is 33.2 Å². The Kier molecular flexibility index (Phi) is 5.64. The Morgan fingerprint density at radius 1 is 1.16 bits per heavy atom. The van der Waals surface area contributed by atoms with Gasteiger partial charge in [0.05, 0.1) is 6.54 Å². The van der Waals surface area contributed by atoms with E-state index in [0.29, 0.717) is 24.5 Å². The van der Waals surface area contributed by atoms with Crippen LogP contribution in [0.3, 0.4) is 0 Å². The Morgan fingerprint density at radius 3 is 2.37 bits per heavy atom. The van der Waals surface area contributed by atoms with E-state index >= 15 is 0 Å². The number of amides is 1. The van der Waals surface area contributed by atoms with Gasteiger partial charge >= 0.3 is 0 Å². The van der Waals surface area contributed by atoms with Gasteiger partial charge in [-0.05, 0) is 25.8 Å². The monoisotopic (exact) mass is 267 g/mol. The predicted molar refractivity (Wildman–Crippen MR) is 78.2 cm³/mol. The Labute approximate surface area is 117 Å². The molecule has 0 atom stereocenters. The highest BCUT2D eigenvalue weighted by Crippen LogP contribution is 2.22. The fourth-order valence-electron chi connectivity index (χ4n) is 3.17. The van der Waals surface area contributed by atoms with E-state index in [-0.39, 0.29) is 0 Å². The van der Waals surface area contributed by atoms with E-state index in [4.69, 9.17) is 0 Å². The van der Waals surface area contributed by atoms with Gasteiger partial charge in [0.1, 0.15) is 0 Å². The third-order valence-corrected chi connectivity index (χ3v) is 4.64. The first-order valence-corrected chi connectivity index (χ1v) is 7.92. The molecule has 4 heteroatoms. The van der Waals surface area contributed by atoms with Gasteiger partial charge in [-0.25, -0.2) is 0 Å². The van der Waals surface area contributed by atoms with Crippen LogP contribution >= 0.6 is 0 Å². The highest BCUT2D eigenvalue weighted by Gasteiger charge is 2.28. The molecule has 1 amide bonds. The topological polar surface area (TPSA) is 35.6 Å². The molecule has 19 heavy (non-hydrogen) atoms. The second-order valence-electron chi connectivity index (χ2n) is 6.08. The Hall–Kier alpha value is -0.610. The second-order valence-corrected chi connectivity index (χ2v) is 6.08. The highest BCUT2D eigenvalue weighted by molar-refractivity contribution is 5.78. The molecular formula is C15H29N3O. The minimum absolute atomic E-state index is 0.312. The van der Waals surface area contributed by atoms with Crippen LogP contribution in [0.15, 0.2) is 0 Å². The number of nitrogens with one attached hydrogen (secondary N) is 1. The fraction of sp³-hybridized carbons (Fsp3) is 0.933. The number of rotatable bonds is 6. The molecule has 2 fully saturated rings. The zero-order chi connectivity index (χ0) is 13.7. The molecule has 1 saturated heterocycles. The van der Waals surface area contributed by atoms with E-state index in [0.717, 1.165) is 26.1 Å². The summed E-state index contributed by atoms with van der Waals surface area (Å²) in [7, 11) is 2.00. The van der Waals surface area contributed by atoms with Gasteiger partial charge in [0.15, 0.2) is 0 Å². The van der Waals surface area contributed by atoms with Crippen molar-refractivity contribution in [1.29, 1.82) is 0 Å². The van der Waals surface area contributed by atoms with E-state index in [1.54, 1.807) is 0 Å². The van der Waals surface area contributed by atoms with E-state index in [1.807, 2.05) is 11.9 Å². The molecule has 1 aliphatic heterocycles. The third-order valence-electron chi connectivity index (χ3n) is 4.64. The van der Waals surface area contributed by atoms with Crippen LogP contribution < -0.4 is 5.32 Å². The van der Waals surface area contributed by atoms with Crippen molar-refractivity contribution in [2.24, 2.45) is 0 Å². The molecule has 2 aliphatic rings. The number of likely N-dealkylation sites (N-methyl/N-ethyl adjacent to an activating group) is 1. The van der Waals surface area contributed by atoms with Gasteiger partial charge in [-0.15, -0.1) is 0 Å². The van der Waals surface area contributed by atoms with E-state index in [1.165, 1.54) is 32.1 Å². The van der Waals surface area contributed by atoms with Gasteiger partial charge < -0.3 is 10.2 Å². The Balaban J connectivity index is 1.82. The summed E-state index contributed by atoms with van der Waals surface area (Å²) in [6.45, 7) is 5.92. The Morgan fingerprint density at radius 2 is 1.84 bits per heavy atom. The maximum absolute atomic E-state index is 12.4. The quantitative estimate of drug-likeness (QED) is 0.791. The molecular weight excluding hydrogens is 238 g/mol. The Bertz CT molecular complexity index is 285. The minimum Gasteiger partial charge on any atom is -0.342 e. The van der Waals surface area contributed by atoms with Crippen LogP contribution in [0.25, 0.3) is 0 Å². The molecule has 110 valence electrons. The summed E-state index contributed by atoms with van der Waals surface area (Å²) in [4.78, 5) is 16.8. The van der Waals surface area contributed by atoms with E-state index in [9.17, 15) is 4.79 Å². The van der Waals surface area contributed by atoms with Crippen molar-refractivity contribution >= 4 is 5.91 Å². The maximum atomic E-state index is 12.4. The molecule has 4 nitrogen and oxygen atoms in total. The lowest BCUT2D eigenvalue weighted by Gasteiger charge is -2.39. The van der Waals surface area contributed by atoms with Crippen molar-refractivity contribution in [3.05, 3.63) is 0 Å². The largest absolute Gasteiger partial charge is 0.342 e. The number of carbonyl (C=O) groups excluding carboxylic acids is 1. The first-order valence-electron chi connectivity index (χ1n) is 7.92. The summed E-state index contributed by atoms with van der Waals surface area (Å²) < 4.78 is 0. The normalized spacial score (nSPS) is 21.4. The molecule has 0 unspecified atom stereocenters. The number of hydrogen-bond acceptors (Lipinski definition) is 3. The van der Waals surface area contributed by atoms with Crippen molar-refractivity contribution in [3.8, 4) is 0 Å². The summed E-state index contributed by atoms with van der Waals surface area (Å²) in [6, 6.07) is 1.06. The summed E-state index contributed by atoms with van der Waals surface area (Å²) in [5.41, 5.74) is 0. The molecule has 1 saturated carbocycles. The lowest BCUT2D eigenvalue weighted by atomic mass is 9.94. The summed E-state index contributed by atoms with van der Waals surface area (Å²) in [5.74, 6) is 0.312. The first-order chi connectivity index (χ1) is 9.22. The van der Waals surface area contributed by atoms with Gasteiger partial charge in [0, 0.05) is 32.2 Å². The molecule has 0 aromatic rings. The highest BCUT2D eigenvalue weighted by atomic mass is 16.2. The van der Waals surface area contributed by atoms with E-state index in [2.05, 4.69) is 17.1 Å². The van der Waals surface area contributed by atoms with Gasteiger partial charge in [-0.1, -0.05) is 26.2 Å². The van der Waals surface area contributed by atoms with Gasteiger partial charge in [0.2, 0.25) is 5.91 Å². The number of hydrogen-bond donors (Lipinski definition) is 1. The molecule has 1 N–H and O–H groups in total. The van der Waals surface area contributed by atoms with Crippen LogP contribution in [-0.4, -0.2) is 61.0 Å². The third kappa shape index (κ3) is 3.93. The maximum Gasteiger partial charge on any atom is 0.236 e. The van der Waals surface area contributed by atoms with Gasteiger partial charge in [0.25, 0.3) is 0 Å². The molecule has 0 aromatic carbocycles. The van der Waals surface area contributed by atoms with Crippen molar-refractivity contribution in [3.63, 3.8) is 0 Å². The lowest BCUT2D eigenvalue weighted by molar-refractivity contribution is -0.134. The molecule has 0 radical (unpaired) electrons. The van der Waals surface area contributed by atoms with Crippen LogP contribution in [-0.2, 0) is 4.79 Å². The average Bonchev–Trinajstić information content (AvgIpc) is 2.37. The van der Waals surface area contributed by atoms with Crippen LogP contribution in [0, 0.1) is 0 Å². The SMILES string of the molecule is CCCN(CC(=O)N(C)C1CCCCC1)C1CNC1. The molecule has 0 aromatic heterocycles. The van der Waals surface area contributed by atoms with Crippen LogP contribution in [0.5, 0.6) is 0 Å². The zero-order valence-electron chi connectivity index (χ0n) is 12.5. The lowest BCUT2D eigenvalue weighted by Crippen LogP contribution is -2.59. The van der Waals surface area contributed by atoms with Gasteiger partial charge in [-0.2, -0.15) is 0 Å². The second kappa shape index (κ2) is 7.25. The van der Waals surface area contributed by atoms with Crippen molar-refractivity contribution in [1.82, 2.24) is 15.1 Å². The van der Waals surface area contributed by atoms with Crippen LogP contribution in [0.2, 0.25) is 0 Å². The smallest absolute Gasteiger partial charge is 0.236 e.